The summed E-state index contributed by atoms with van der Waals surface area (Å²) in [6.07, 6.45) is 50.4. The number of allylic oxidation sites excluding steroid dienone is 27. The van der Waals surface area contributed by atoms with Crippen LogP contribution in [0.1, 0.15) is 213 Å². The first-order valence-corrected chi connectivity index (χ1v) is 43.9. The Morgan fingerprint density at radius 2 is 0.633 bits per heavy atom. The van der Waals surface area contributed by atoms with E-state index in [0.29, 0.717) is 124 Å². The van der Waals surface area contributed by atoms with Gasteiger partial charge in [-0.05, 0) is 215 Å². The van der Waals surface area contributed by atoms with Crippen molar-refractivity contribution in [3.8, 4) is 0 Å². The van der Waals surface area contributed by atoms with Crippen LogP contribution in [0.3, 0.4) is 0 Å². The van der Waals surface area contributed by atoms with Crippen molar-refractivity contribution in [1.29, 1.82) is 0 Å². The van der Waals surface area contributed by atoms with E-state index in [-0.39, 0.29) is 123 Å². The molecule has 23 nitrogen and oxygen atoms in total. The van der Waals surface area contributed by atoms with Gasteiger partial charge in [0.2, 0.25) is 41.4 Å². The fraction of sp³-hybridized carbons (Fsp3) is 0.619. The van der Waals surface area contributed by atoms with Crippen molar-refractivity contribution in [2.75, 3.05) is 152 Å². The third-order valence-corrected chi connectivity index (χ3v) is 21.2. The Hall–Kier alpha value is -7.97. The molecule has 23 heteroatoms. The summed E-state index contributed by atoms with van der Waals surface area (Å²) in [5.74, 6) is -1.48. The van der Waals surface area contributed by atoms with E-state index in [1.54, 1.807) is 19.2 Å². The lowest BCUT2D eigenvalue weighted by Gasteiger charge is -2.33. The van der Waals surface area contributed by atoms with Crippen LogP contribution in [0.5, 0.6) is 0 Å². The standard InChI is InChI=1S/C97H154N8O15/c1-74(38-41-83-80(7)33-24-46-95(83,10)11)27-21-30-77(4)71-90(108)99-49-19-17-36-86(98-16)93(111)103-53-59-117-65-63-115-57-51-101-88(106)44-55-113-61-67-119-69-70-120-68-62-114-56-45-89(107)102-52-58-116-64-66-118-60-54-104-94(112)87(105-92(110)73-79(6)32-23-29-76(3)40-43-85-82(9)35-26-48-97(85,14)15)37-18-20-50-100-91(109)72-78(5)31-22-28-75(2)39-42-84-81(8)34-25-47-96(84,12)13/h21-23,27-32,38-43,71-73,86-87,98H,17-20,24-26,33-37,44-70H2,1-16H3,(H,99,108)(H,100,109)(H,101,106)(H,102,107)(H,103,111)(H,104,112)(H,105,110)/b30-21+,31-22+,32-23+,41-38+,42-39+,43-40+,74-27+,75-28+,76-29+,77-71+,78-72+,79-73+/t86-,87-/m0/s1. The van der Waals surface area contributed by atoms with E-state index in [0.717, 1.165) is 59.1 Å². The second-order valence-electron chi connectivity index (χ2n) is 33.4. The van der Waals surface area contributed by atoms with Crippen molar-refractivity contribution < 1.29 is 71.5 Å². The van der Waals surface area contributed by atoms with Gasteiger partial charge in [0.15, 0.2) is 0 Å². The number of carbonyl (C=O) groups is 7. The minimum atomic E-state index is -0.817. The molecule has 3 rings (SSSR count). The maximum absolute atomic E-state index is 13.6. The summed E-state index contributed by atoms with van der Waals surface area (Å²) in [5, 5.41) is 23.3. The second-order valence-corrected chi connectivity index (χ2v) is 33.4. The van der Waals surface area contributed by atoms with Crippen LogP contribution in [-0.4, -0.2) is 205 Å². The van der Waals surface area contributed by atoms with Gasteiger partial charge in [-0.25, -0.2) is 0 Å². The minimum absolute atomic E-state index is 0.105. The van der Waals surface area contributed by atoms with Gasteiger partial charge in [-0.3, -0.25) is 33.6 Å². The van der Waals surface area contributed by atoms with Gasteiger partial charge in [0.25, 0.3) is 0 Å². The SMILES string of the molecule is CN[C@@H](CCCCNC(=O)/C=C(C)/C=C/C=C(C)/C=C/C1=C(C)CCCC1(C)C)C(=O)NCCOCCOCCNC(=O)CCOCCOCCOCCOCCC(=O)NCCOCCOCCNC(=O)[C@H](CCCCNC(=O)/C=C(C)/C=C/C=C(C)/C=C/C1=C(C)CCCC1(C)C)NC(=O)/C=C(C)/C=C/C=C(C)/C=C/C1=C(C)CCCC1(C)C. The molecule has 2 atom stereocenters. The molecule has 0 radical (unpaired) electrons. The lowest BCUT2D eigenvalue weighted by molar-refractivity contribution is -0.127. The van der Waals surface area contributed by atoms with E-state index in [2.05, 4.69) is 168 Å². The van der Waals surface area contributed by atoms with E-state index in [1.807, 2.05) is 69.4 Å². The number of carbonyl (C=O) groups excluding carboxylic acids is 7. The molecule has 0 fully saturated rings. The summed E-state index contributed by atoms with van der Waals surface area (Å²) in [5.41, 5.74) is 15.0. The van der Waals surface area contributed by atoms with Crippen molar-refractivity contribution >= 4 is 41.4 Å². The Morgan fingerprint density at radius 1 is 0.342 bits per heavy atom. The maximum Gasteiger partial charge on any atom is 0.244 e. The predicted octanol–water partition coefficient (Wildman–Crippen LogP) is 14.6. The molecule has 3 aliphatic carbocycles. The first-order valence-electron chi connectivity index (χ1n) is 43.9. The highest BCUT2D eigenvalue weighted by Gasteiger charge is 2.29. The Labute approximate surface area is 721 Å². The van der Waals surface area contributed by atoms with Gasteiger partial charge >= 0.3 is 0 Å². The Kier molecular flexibility index (Phi) is 55.8. The number of hydrogen-bond donors (Lipinski definition) is 8. The highest BCUT2D eigenvalue weighted by Crippen LogP contribution is 2.43. The minimum Gasteiger partial charge on any atom is -0.379 e. The summed E-state index contributed by atoms with van der Waals surface area (Å²) >= 11 is 0. The quantitative estimate of drug-likeness (QED) is 0.0160. The fourth-order valence-corrected chi connectivity index (χ4v) is 14.2. The van der Waals surface area contributed by atoms with Crippen LogP contribution in [-0.2, 0) is 71.5 Å². The van der Waals surface area contributed by atoms with E-state index < -0.39 is 6.04 Å². The fourth-order valence-electron chi connectivity index (χ4n) is 14.2. The predicted molar refractivity (Wildman–Crippen MR) is 485 cm³/mol. The van der Waals surface area contributed by atoms with Crippen LogP contribution >= 0.6 is 0 Å². The molecule has 672 valence electrons. The van der Waals surface area contributed by atoms with E-state index in [9.17, 15) is 33.6 Å². The number of nitrogens with one attached hydrogen (secondary N) is 8. The average molecular weight is 1670 g/mol. The first kappa shape index (κ1) is 106. The number of rotatable bonds is 62. The number of hydrogen-bond acceptors (Lipinski definition) is 16. The van der Waals surface area contributed by atoms with Gasteiger partial charge in [0.1, 0.15) is 6.04 Å². The molecule has 0 aromatic heterocycles. The number of amides is 7. The van der Waals surface area contributed by atoms with Gasteiger partial charge in [0.05, 0.1) is 112 Å². The molecule has 7 amide bonds. The van der Waals surface area contributed by atoms with Gasteiger partial charge in [-0.1, -0.05) is 166 Å². The molecular weight excluding hydrogens is 1520 g/mol. The molecule has 0 aromatic rings. The molecule has 0 aromatic carbocycles. The van der Waals surface area contributed by atoms with Crippen LogP contribution in [0, 0.1) is 16.2 Å². The van der Waals surface area contributed by atoms with Crippen molar-refractivity contribution in [3.05, 3.63) is 176 Å². The molecule has 3 aliphatic rings. The van der Waals surface area contributed by atoms with Crippen molar-refractivity contribution in [2.45, 2.75) is 225 Å². The van der Waals surface area contributed by atoms with Crippen LogP contribution in [0.15, 0.2) is 176 Å². The molecular formula is C97H154N8O15. The van der Waals surface area contributed by atoms with E-state index in [1.165, 1.54) is 84.5 Å². The smallest absolute Gasteiger partial charge is 0.244 e. The third-order valence-electron chi connectivity index (χ3n) is 21.2. The zero-order chi connectivity index (χ0) is 88.2. The molecule has 8 N–H and O–H groups in total. The highest BCUT2D eigenvalue weighted by molar-refractivity contribution is 5.93. The average Bonchev–Trinajstić information content (AvgIpc) is 0.832. The molecule has 0 aliphatic heterocycles. The summed E-state index contributed by atoms with van der Waals surface area (Å²) in [6.45, 7) is 39.6. The summed E-state index contributed by atoms with van der Waals surface area (Å²) in [6, 6.07) is -1.17. The molecule has 0 spiro atoms. The van der Waals surface area contributed by atoms with Gasteiger partial charge in [0, 0.05) is 70.3 Å². The summed E-state index contributed by atoms with van der Waals surface area (Å²) in [4.78, 5) is 89.6. The van der Waals surface area contributed by atoms with Gasteiger partial charge in [-0.15, -0.1) is 0 Å². The van der Waals surface area contributed by atoms with Crippen molar-refractivity contribution in [2.24, 2.45) is 16.2 Å². The van der Waals surface area contributed by atoms with Gasteiger partial charge < -0.3 is 80.4 Å². The lowest BCUT2D eigenvalue weighted by atomic mass is 9.72. The van der Waals surface area contributed by atoms with E-state index in [4.69, 9.17) is 37.9 Å². The van der Waals surface area contributed by atoms with Crippen LogP contribution in [0.25, 0.3) is 0 Å². The molecule has 0 saturated heterocycles. The molecule has 120 heavy (non-hydrogen) atoms. The summed E-state index contributed by atoms with van der Waals surface area (Å²) in [7, 11) is 1.76. The van der Waals surface area contributed by atoms with Crippen LogP contribution < -0.4 is 42.5 Å². The van der Waals surface area contributed by atoms with E-state index >= 15 is 0 Å². The van der Waals surface area contributed by atoms with Crippen molar-refractivity contribution in [1.82, 2.24) is 42.5 Å². The first-order chi connectivity index (χ1) is 57.4. The highest BCUT2D eigenvalue weighted by atomic mass is 16.6. The third kappa shape index (κ3) is 50.4. The Bertz CT molecular complexity index is 3630. The monoisotopic (exact) mass is 1670 g/mol. The Balaban J connectivity index is 1.16. The largest absolute Gasteiger partial charge is 0.379 e. The maximum atomic E-state index is 13.6. The zero-order valence-electron chi connectivity index (χ0n) is 76.2. The lowest BCUT2D eigenvalue weighted by Crippen LogP contribution is -2.47. The Morgan fingerprint density at radius 3 is 0.958 bits per heavy atom. The molecule has 0 saturated carbocycles. The zero-order valence-corrected chi connectivity index (χ0v) is 76.2. The second kappa shape index (κ2) is 63.0. The van der Waals surface area contributed by atoms with Crippen LogP contribution in [0.4, 0.5) is 0 Å². The number of likely N-dealkylation sites (N-methyl/N-ethyl adjacent to an activating group) is 1. The summed E-state index contributed by atoms with van der Waals surface area (Å²) < 4.78 is 44.6. The van der Waals surface area contributed by atoms with Crippen molar-refractivity contribution in [3.63, 3.8) is 0 Å². The molecule has 0 bridgehead atoms. The van der Waals surface area contributed by atoms with Crippen LogP contribution in [0.2, 0.25) is 0 Å². The number of ether oxygens (including phenoxy) is 8. The molecule has 0 heterocycles. The number of unbranched alkanes of at least 4 members (excludes halogenated alkanes) is 2. The van der Waals surface area contributed by atoms with Gasteiger partial charge in [-0.2, -0.15) is 0 Å². The normalized spacial score (nSPS) is 17.0. The molecule has 0 unspecified atom stereocenters. The topological polar surface area (TPSA) is 290 Å².